The van der Waals surface area contributed by atoms with Crippen molar-refractivity contribution < 1.29 is 12.8 Å². The first-order valence-electron chi connectivity index (χ1n) is 7.05. The second-order valence-electron chi connectivity index (χ2n) is 5.11. The van der Waals surface area contributed by atoms with Gasteiger partial charge in [-0.3, -0.25) is 0 Å². The van der Waals surface area contributed by atoms with Gasteiger partial charge in [0, 0.05) is 6.54 Å². The average Bonchev–Trinajstić information content (AvgIpc) is 2.45. The van der Waals surface area contributed by atoms with E-state index in [1.165, 1.54) is 31.4 Å². The molecule has 20 heavy (non-hydrogen) atoms. The molecule has 1 aromatic carbocycles. The molecule has 1 aliphatic rings. The summed E-state index contributed by atoms with van der Waals surface area (Å²) in [5.74, 6) is -0.436. The van der Waals surface area contributed by atoms with Crippen LogP contribution in [0, 0.1) is 5.82 Å². The number of piperidine rings is 1. The first-order valence-corrected chi connectivity index (χ1v) is 8.54. The third-order valence-electron chi connectivity index (χ3n) is 3.52. The Morgan fingerprint density at radius 1 is 1.10 bits per heavy atom. The molecule has 0 atom stereocenters. The fourth-order valence-electron chi connectivity index (χ4n) is 2.39. The fourth-order valence-corrected chi connectivity index (χ4v) is 3.46. The monoisotopic (exact) mass is 300 g/mol. The molecule has 1 N–H and O–H groups in total. The van der Waals surface area contributed by atoms with Crippen molar-refractivity contribution in [1.29, 1.82) is 0 Å². The molecule has 0 radical (unpaired) electrons. The van der Waals surface area contributed by atoms with Crippen molar-refractivity contribution in [1.82, 2.24) is 9.62 Å². The van der Waals surface area contributed by atoms with Crippen LogP contribution in [-0.2, 0) is 10.0 Å². The molecule has 0 bridgehead atoms. The summed E-state index contributed by atoms with van der Waals surface area (Å²) in [6.07, 6.45) is 4.57. The quantitative estimate of drug-likeness (QED) is 0.817. The molecule has 0 aromatic heterocycles. The SMILES string of the molecule is O=S(=O)(NCCCN1CCCCC1)c1ccc(F)cc1. The zero-order valence-electron chi connectivity index (χ0n) is 11.5. The zero-order valence-corrected chi connectivity index (χ0v) is 12.3. The van der Waals surface area contributed by atoms with E-state index in [0.29, 0.717) is 6.54 Å². The fraction of sp³-hybridized carbons (Fsp3) is 0.571. The molecular weight excluding hydrogens is 279 g/mol. The number of benzene rings is 1. The van der Waals surface area contributed by atoms with Crippen molar-refractivity contribution in [2.45, 2.75) is 30.6 Å². The minimum absolute atomic E-state index is 0.108. The van der Waals surface area contributed by atoms with Crippen LogP contribution in [0.25, 0.3) is 0 Å². The third kappa shape index (κ3) is 4.54. The lowest BCUT2D eigenvalue weighted by Crippen LogP contribution is -2.33. The molecule has 0 spiro atoms. The van der Waals surface area contributed by atoms with Gasteiger partial charge in [0.2, 0.25) is 10.0 Å². The van der Waals surface area contributed by atoms with Gasteiger partial charge in [-0.1, -0.05) is 6.42 Å². The van der Waals surface area contributed by atoms with E-state index in [2.05, 4.69) is 9.62 Å². The number of likely N-dealkylation sites (tertiary alicyclic amines) is 1. The Labute approximate surface area is 120 Å². The summed E-state index contributed by atoms with van der Waals surface area (Å²) in [6, 6.07) is 4.87. The van der Waals surface area contributed by atoms with Crippen molar-refractivity contribution in [3.63, 3.8) is 0 Å². The molecule has 1 aromatic rings. The molecule has 1 heterocycles. The summed E-state index contributed by atoms with van der Waals surface area (Å²) in [4.78, 5) is 2.48. The van der Waals surface area contributed by atoms with E-state index in [9.17, 15) is 12.8 Å². The van der Waals surface area contributed by atoms with Crippen LogP contribution in [0.1, 0.15) is 25.7 Å². The molecule has 2 rings (SSSR count). The lowest BCUT2D eigenvalue weighted by Gasteiger charge is -2.26. The van der Waals surface area contributed by atoms with Crippen LogP contribution in [-0.4, -0.2) is 39.5 Å². The van der Waals surface area contributed by atoms with E-state index < -0.39 is 15.8 Å². The normalized spacial score (nSPS) is 17.2. The number of nitrogens with zero attached hydrogens (tertiary/aromatic N) is 1. The number of nitrogens with one attached hydrogen (secondary N) is 1. The predicted octanol–water partition coefficient (Wildman–Crippen LogP) is 1.98. The number of rotatable bonds is 6. The van der Waals surface area contributed by atoms with Crippen molar-refractivity contribution in [2.75, 3.05) is 26.2 Å². The minimum Gasteiger partial charge on any atom is -0.303 e. The maximum atomic E-state index is 12.8. The molecule has 112 valence electrons. The standard InChI is InChI=1S/C14H21FN2O2S/c15-13-5-7-14(8-6-13)20(18,19)16-9-4-12-17-10-2-1-3-11-17/h5-8,16H,1-4,9-12H2. The van der Waals surface area contributed by atoms with Gasteiger partial charge in [-0.2, -0.15) is 0 Å². The highest BCUT2D eigenvalue weighted by molar-refractivity contribution is 7.89. The lowest BCUT2D eigenvalue weighted by atomic mass is 10.1. The van der Waals surface area contributed by atoms with Gasteiger partial charge in [-0.15, -0.1) is 0 Å². The molecule has 1 saturated heterocycles. The van der Waals surface area contributed by atoms with Crippen molar-refractivity contribution in [2.24, 2.45) is 0 Å². The second-order valence-corrected chi connectivity index (χ2v) is 6.87. The molecule has 0 unspecified atom stereocenters. The van der Waals surface area contributed by atoms with Crippen LogP contribution in [0.15, 0.2) is 29.2 Å². The van der Waals surface area contributed by atoms with E-state index in [-0.39, 0.29) is 4.90 Å². The number of hydrogen-bond acceptors (Lipinski definition) is 3. The van der Waals surface area contributed by atoms with Crippen LogP contribution in [0.2, 0.25) is 0 Å². The van der Waals surface area contributed by atoms with E-state index in [0.717, 1.165) is 38.2 Å². The largest absolute Gasteiger partial charge is 0.303 e. The minimum atomic E-state index is -3.52. The van der Waals surface area contributed by atoms with E-state index >= 15 is 0 Å². The number of sulfonamides is 1. The number of halogens is 1. The van der Waals surface area contributed by atoms with E-state index in [1.54, 1.807) is 0 Å². The average molecular weight is 300 g/mol. The van der Waals surface area contributed by atoms with Crippen molar-refractivity contribution in [3.05, 3.63) is 30.1 Å². The Morgan fingerprint density at radius 3 is 2.40 bits per heavy atom. The van der Waals surface area contributed by atoms with Crippen LogP contribution in [0.5, 0.6) is 0 Å². The Hall–Kier alpha value is -0.980. The summed E-state index contributed by atoms with van der Waals surface area (Å²) in [5, 5.41) is 0. The maximum Gasteiger partial charge on any atom is 0.240 e. The van der Waals surface area contributed by atoms with Crippen LogP contribution in [0.4, 0.5) is 4.39 Å². The van der Waals surface area contributed by atoms with Gasteiger partial charge in [-0.05, 0) is 63.2 Å². The van der Waals surface area contributed by atoms with Crippen molar-refractivity contribution >= 4 is 10.0 Å². The van der Waals surface area contributed by atoms with Crippen LogP contribution in [0.3, 0.4) is 0 Å². The predicted molar refractivity (Wildman–Crippen MR) is 76.5 cm³/mol. The summed E-state index contributed by atoms with van der Waals surface area (Å²) in [7, 11) is -3.52. The zero-order chi connectivity index (χ0) is 14.4. The molecule has 0 amide bonds. The van der Waals surface area contributed by atoms with E-state index in [1.807, 2.05) is 0 Å². The molecular formula is C14H21FN2O2S. The van der Waals surface area contributed by atoms with Gasteiger partial charge in [0.15, 0.2) is 0 Å². The second kappa shape index (κ2) is 7.15. The Morgan fingerprint density at radius 2 is 1.75 bits per heavy atom. The van der Waals surface area contributed by atoms with Crippen LogP contribution < -0.4 is 4.72 Å². The third-order valence-corrected chi connectivity index (χ3v) is 4.99. The molecule has 6 heteroatoms. The van der Waals surface area contributed by atoms with Gasteiger partial charge < -0.3 is 4.90 Å². The smallest absolute Gasteiger partial charge is 0.240 e. The van der Waals surface area contributed by atoms with Crippen LogP contribution >= 0.6 is 0 Å². The summed E-state index contributed by atoms with van der Waals surface area (Å²) >= 11 is 0. The van der Waals surface area contributed by atoms with Crippen molar-refractivity contribution in [3.8, 4) is 0 Å². The van der Waals surface area contributed by atoms with E-state index in [4.69, 9.17) is 0 Å². The Bertz CT molecular complexity index is 510. The highest BCUT2D eigenvalue weighted by Gasteiger charge is 2.14. The van der Waals surface area contributed by atoms with Gasteiger partial charge in [0.1, 0.15) is 5.82 Å². The highest BCUT2D eigenvalue weighted by atomic mass is 32.2. The molecule has 0 aliphatic carbocycles. The summed E-state index contributed by atoms with van der Waals surface area (Å²) < 4.78 is 39.2. The summed E-state index contributed by atoms with van der Waals surface area (Å²) in [5.41, 5.74) is 0. The van der Waals surface area contributed by atoms with Gasteiger partial charge in [0.25, 0.3) is 0 Å². The number of hydrogen-bond donors (Lipinski definition) is 1. The molecule has 1 aliphatic heterocycles. The van der Waals surface area contributed by atoms with Gasteiger partial charge >= 0.3 is 0 Å². The molecule has 1 fully saturated rings. The van der Waals surface area contributed by atoms with Gasteiger partial charge in [-0.25, -0.2) is 17.5 Å². The summed E-state index contributed by atoms with van der Waals surface area (Å²) in [6.45, 7) is 3.57. The molecule has 4 nitrogen and oxygen atoms in total. The first-order chi connectivity index (χ1) is 9.58. The Kier molecular flexibility index (Phi) is 5.51. The lowest BCUT2D eigenvalue weighted by molar-refractivity contribution is 0.227. The Balaban J connectivity index is 1.76. The highest BCUT2D eigenvalue weighted by Crippen LogP contribution is 2.10. The molecule has 0 saturated carbocycles. The topological polar surface area (TPSA) is 49.4 Å². The first kappa shape index (κ1) is 15.4. The van der Waals surface area contributed by atoms with Gasteiger partial charge in [0.05, 0.1) is 4.90 Å². The maximum absolute atomic E-state index is 12.8.